The third-order valence-corrected chi connectivity index (χ3v) is 3.94. The number of amides is 1. The van der Waals surface area contributed by atoms with Gasteiger partial charge in [-0.25, -0.2) is 4.68 Å². The Kier molecular flexibility index (Phi) is 4.12. The van der Waals surface area contributed by atoms with E-state index in [1.54, 1.807) is 6.92 Å². The molecule has 0 aliphatic carbocycles. The summed E-state index contributed by atoms with van der Waals surface area (Å²) in [6.07, 6.45) is 0. The lowest BCUT2D eigenvalue weighted by Crippen LogP contribution is -2.13. The summed E-state index contributed by atoms with van der Waals surface area (Å²) in [6.45, 7) is 2.24. The van der Waals surface area contributed by atoms with Gasteiger partial charge in [0.25, 0.3) is 5.91 Å². The predicted octanol–water partition coefficient (Wildman–Crippen LogP) is 2.39. The maximum absolute atomic E-state index is 12.1. The zero-order chi connectivity index (χ0) is 15.5. The second kappa shape index (κ2) is 6.20. The number of hydrogen-bond acceptors (Lipinski definition) is 6. The average molecular weight is 335 g/mol. The molecule has 0 radical (unpaired) electrons. The number of aromatic nitrogens is 5. The standard InChI is InChI=1S/C13H11ClN6OS/c1-8-16-18-13(22-8)15-12(21)10-11(14)20(19-17-10)7-9-5-3-2-4-6-9/h2-6H,7H2,1H3,(H,15,18,21). The molecule has 0 spiro atoms. The molecule has 0 unspecified atom stereocenters. The molecule has 0 aliphatic rings. The van der Waals surface area contributed by atoms with Gasteiger partial charge in [-0.1, -0.05) is 58.5 Å². The zero-order valence-electron chi connectivity index (χ0n) is 11.5. The molecule has 112 valence electrons. The number of aryl methyl sites for hydroxylation is 1. The molecule has 3 rings (SSSR count). The largest absolute Gasteiger partial charge is 0.295 e. The predicted molar refractivity (Wildman–Crippen MR) is 83.2 cm³/mol. The Morgan fingerprint density at radius 3 is 2.73 bits per heavy atom. The fourth-order valence-corrected chi connectivity index (χ4v) is 2.61. The number of anilines is 1. The van der Waals surface area contributed by atoms with Gasteiger partial charge in [-0.05, 0) is 12.5 Å². The molecule has 2 heterocycles. The Balaban J connectivity index is 1.76. The SMILES string of the molecule is Cc1nnc(NC(=O)c2nnn(Cc3ccccc3)c2Cl)s1. The van der Waals surface area contributed by atoms with E-state index < -0.39 is 5.91 Å². The lowest BCUT2D eigenvalue weighted by Gasteiger charge is -2.02. The van der Waals surface area contributed by atoms with Gasteiger partial charge in [0.15, 0.2) is 10.8 Å². The van der Waals surface area contributed by atoms with Crippen LogP contribution in [0, 0.1) is 6.92 Å². The molecule has 0 fully saturated rings. The summed E-state index contributed by atoms with van der Waals surface area (Å²) in [5.41, 5.74) is 1.08. The summed E-state index contributed by atoms with van der Waals surface area (Å²) in [7, 11) is 0. The summed E-state index contributed by atoms with van der Waals surface area (Å²) in [4.78, 5) is 12.1. The molecule has 7 nitrogen and oxygen atoms in total. The third kappa shape index (κ3) is 3.12. The minimum atomic E-state index is -0.458. The second-order valence-electron chi connectivity index (χ2n) is 4.45. The van der Waals surface area contributed by atoms with Crippen LogP contribution in [0.5, 0.6) is 0 Å². The second-order valence-corrected chi connectivity index (χ2v) is 5.99. The lowest BCUT2D eigenvalue weighted by atomic mass is 10.2. The molecule has 0 bridgehead atoms. The normalized spacial score (nSPS) is 10.6. The number of carbonyl (C=O) groups excluding carboxylic acids is 1. The number of benzene rings is 1. The van der Waals surface area contributed by atoms with Gasteiger partial charge in [0.05, 0.1) is 6.54 Å². The van der Waals surface area contributed by atoms with Crippen molar-refractivity contribution in [3.8, 4) is 0 Å². The summed E-state index contributed by atoms with van der Waals surface area (Å²) in [6, 6.07) is 9.66. The first kappa shape index (κ1) is 14.6. The van der Waals surface area contributed by atoms with Crippen LogP contribution >= 0.6 is 22.9 Å². The molecule has 0 saturated heterocycles. The van der Waals surface area contributed by atoms with Crippen molar-refractivity contribution >= 4 is 34.0 Å². The molecule has 0 atom stereocenters. The molecule has 22 heavy (non-hydrogen) atoms. The fourth-order valence-electron chi connectivity index (χ4n) is 1.80. The molecule has 1 aromatic carbocycles. The van der Waals surface area contributed by atoms with E-state index in [9.17, 15) is 4.79 Å². The quantitative estimate of drug-likeness (QED) is 0.791. The molecule has 3 aromatic rings. The van der Waals surface area contributed by atoms with E-state index in [0.29, 0.717) is 11.7 Å². The zero-order valence-corrected chi connectivity index (χ0v) is 13.1. The number of nitrogens with zero attached hydrogens (tertiary/aromatic N) is 5. The number of nitrogens with one attached hydrogen (secondary N) is 1. The van der Waals surface area contributed by atoms with Crippen LogP contribution in [0.3, 0.4) is 0 Å². The molecule has 9 heteroatoms. The van der Waals surface area contributed by atoms with Crippen molar-refractivity contribution in [2.75, 3.05) is 5.32 Å². The van der Waals surface area contributed by atoms with Crippen molar-refractivity contribution in [1.29, 1.82) is 0 Å². The van der Waals surface area contributed by atoms with E-state index in [-0.39, 0.29) is 10.8 Å². The minimum Gasteiger partial charge on any atom is -0.295 e. The topological polar surface area (TPSA) is 85.6 Å². The van der Waals surface area contributed by atoms with Crippen LogP contribution < -0.4 is 5.32 Å². The Morgan fingerprint density at radius 1 is 1.27 bits per heavy atom. The maximum atomic E-state index is 12.1. The van der Waals surface area contributed by atoms with E-state index in [2.05, 4.69) is 25.8 Å². The van der Waals surface area contributed by atoms with Gasteiger partial charge in [-0.2, -0.15) is 0 Å². The molecule has 0 aliphatic heterocycles. The Hall–Kier alpha value is -2.32. The lowest BCUT2D eigenvalue weighted by molar-refractivity contribution is 0.102. The Labute approximate surface area is 134 Å². The van der Waals surface area contributed by atoms with Crippen LogP contribution in [0.4, 0.5) is 5.13 Å². The average Bonchev–Trinajstić information content (AvgIpc) is 3.07. The molecule has 1 amide bonds. The first-order valence-electron chi connectivity index (χ1n) is 6.38. The first-order chi connectivity index (χ1) is 10.6. The van der Waals surface area contributed by atoms with Gasteiger partial charge in [0.1, 0.15) is 5.01 Å². The van der Waals surface area contributed by atoms with E-state index in [1.807, 2.05) is 30.3 Å². The van der Waals surface area contributed by atoms with Crippen LogP contribution in [0.15, 0.2) is 30.3 Å². The van der Waals surface area contributed by atoms with Gasteiger partial charge < -0.3 is 0 Å². The maximum Gasteiger partial charge on any atom is 0.281 e. The van der Waals surface area contributed by atoms with E-state index in [4.69, 9.17) is 11.6 Å². The smallest absolute Gasteiger partial charge is 0.281 e. The summed E-state index contributed by atoms with van der Waals surface area (Å²) in [5.74, 6) is -0.458. The van der Waals surface area contributed by atoms with Gasteiger partial charge in [0.2, 0.25) is 5.13 Å². The van der Waals surface area contributed by atoms with Crippen LogP contribution in [-0.2, 0) is 6.54 Å². The highest BCUT2D eigenvalue weighted by Gasteiger charge is 2.19. The molecular formula is C13H11ClN6OS. The van der Waals surface area contributed by atoms with Crippen molar-refractivity contribution in [2.45, 2.75) is 13.5 Å². The van der Waals surface area contributed by atoms with Crippen LogP contribution in [-0.4, -0.2) is 31.1 Å². The van der Waals surface area contributed by atoms with Crippen molar-refractivity contribution < 1.29 is 4.79 Å². The van der Waals surface area contributed by atoms with Gasteiger partial charge in [-0.3, -0.25) is 10.1 Å². The van der Waals surface area contributed by atoms with Gasteiger partial charge >= 0.3 is 0 Å². The number of hydrogen-bond donors (Lipinski definition) is 1. The summed E-state index contributed by atoms with van der Waals surface area (Å²) < 4.78 is 1.47. The van der Waals surface area contributed by atoms with Crippen molar-refractivity contribution in [3.63, 3.8) is 0 Å². The molecule has 2 aromatic heterocycles. The van der Waals surface area contributed by atoms with Crippen molar-refractivity contribution in [1.82, 2.24) is 25.2 Å². The van der Waals surface area contributed by atoms with Crippen LogP contribution in [0.1, 0.15) is 21.1 Å². The Morgan fingerprint density at radius 2 is 2.05 bits per heavy atom. The molecular weight excluding hydrogens is 324 g/mol. The summed E-state index contributed by atoms with van der Waals surface area (Å²) >= 11 is 7.46. The van der Waals surface area contributed by atoms with Crippen molar-refractivity contribution in [2.24, 2.45) is 0 Å². The van der Waals surface area contributed by atoms with E-state index in [1.165, 1.54) is 16.0 Å². The van der Waals surface area contributed by atoms with Crippen molar-refractivity contribution in [3.05, 3.63) is 51.7 Å². The third-order valence-electron chi connectivity index (χ3n) is 2.81. The van der Waals surface area contributed by atoms with Crippen LogP contribution in [0.25, 0.3) is 0 Å². The summed E-state index contributed by atoms with van der Waals surface area (Å²) in [5, 5.41) is 19.4. The number of rotatable bonds is 4. The fraction of sp³-hybridized carbons (Fsp3) is 0.154. The van der Waals surface area contributed by atoms with E-state index >= 15 is 0 Å². The first-order valence-corrected chi connectivity index (χ1v) is 7.57. The molecule has 0 saturated carbocycles. The number of carbonyl (C=O) groups is 1. The number of halogens is 1. The highest BCUT2D eigenvalue weighted by molar-refractivity contribution is 7.15. The minimum absolute atomic E-state index is 0.0606. The van der Waals surface area contributed by atoms with E-state index in [0.717, 1.165) is 10.6 Å². The molecule has 1 N–H and O–H groups in total. The van der Waals surface area contributed by atoms with Gasteiger partial charge in [0, 0.05) is 0 Å². The monoisotopic (exact) mass is 334 g/mol. The van der Waals surface area contributed by atoms with Crippen LogP contribution in [0.2, 0.25) is 5.15 Å². The Bertz CT molecular complexity index is 800. The van der Waals surface area contributed by atoms with Gasteiger partial charge in [-0.15, -0.1) is 15.3 Å². The highest BCUT2D eigenvalue weighted by Crippen LogP contribution is 2.18. The highest BCUT2D eigenvalue weighted by atomic mass is 35.5.